The van der Waals surface area contributed by atoms with Crippen LogP contribution in [-0.2, 0) is 6.54 Å². The predicted octanol–water partition coefficient (Wildman–Crippen LogP) is -0.111. The minimum atomic E-state index is 0.0422. The first kappa shape index (κ1) is 7.08. The predicted molar refractivity (Wildman–Crippen MR) is 35.7 cm³/mol. The summed E-state index contributed by atoms with van der Waals surface area (Å²) in [5.41, 5.74) is 0.591. The maximum atomic E-state index is 9.00. The van der Waals surface area contributed by atoms with Crippen LogP contribution >= 0.6 is 0 Å². The lowest BCUT2D eigenvalue weighted by Crippen LogP contribution is -2.01. The monoisotopic (exact) mass is 142 g/mol. The zero-order valence-electron chi connectivity index (χ0n) is 5.78. The second-order valence-corrected chi connectivity index (χ2v) is 2.09. The van der Waals surface area contributed by atoms with E-state index >= 15 is 0 Å². The molecular weight excluding hydrogens is 132 g/mol. The summed E-state index contributed by atoms with van der Waals surface area (Å²) >= 11 is 0. The number of nitrogens with zero attached hydrogens (tertiary/aromatic N) is 2. The van der Waals surface area contributed by atoms with Crippen molar-refractivity contribution in [2.24, 2.45) is 0 Å². The van der Waals surface area contributed by atoms with Gasteiger partial charge in [-0.05, 0) is 6.92 Å². The number of aromatic nitrogens is 2. The number of aliphatic hydroxyl groups excluding tert-OH is 1. The fraction of sp³-hybridized carbons (Fsp3) is 0.500. The van der Waals surface area contributed by atoms with Crippen LogP contribution in [0.4, 0.5) is 0 Å². The molecule has 0 aliphatic rings. The highest BCUT2D eigenvalue weighted by Crippen LogP contribution is 2.11. The molecule has 0 saturated heterocycles. The standard InChI is InChI=1S/C6H10N2O2/c1-5-6(10)4-8(7-5)2-3-9/h4,9-10H,2-3H2,1H3. The molecule has 1 aromatic rings. The van der Waals surface area contributed by atoms with E-state index in [1.165, 1.54) is 10.9 Å². The summed E-state index contributed by atoms with van der Waals surface area (Å²) in [5.74, 6) is 0.174. The van der Waals surface area contributed by atoms with E-state index in [1.807, 2.05) is 0 Å². The molecule has 0 atom stereocenters. The van der Waals surface area contributed by atoms with Gasteiger partial charge in [0.1, 0.15) is 5.69 Å². The summed E-state index contributed by atoms with van der Waals surface area (Å²) in [6.45, 7) is 2.19. The van der Waals surface area contributed by atoms with Crippen LogP contribution in [0.25, 0.3) is 0 Å². The van der Waals surface area contributed by atoms with Crippen molar-refractivity contribution in [1.82, 2.24) is 9.78 Å². The first-order valence-corrected chi connectivity index (χ1v) is 3.08. The van der Waals surface area contributed by atoms with Crippen LogP contribution in [-0.4, -0.2) is 26.6 Å². The topological polar surface area (TPSA) is 58.3 Å². The summed E-state index contributed by atoms with van der Waals surface area (Å²) in [4.78, 5) is 0. The Morgan fingerprint density at radius 3 is 2.80 bits per heavy atom. The number of aryl methyl sites for hydroxylation is 1. The van der Waals surface area contributed by atoms with Gasteiger partial charge in [0.2, 0.25) is 0 Å². The molecule has 0 aliphatic heterocycles. The van der Waals surface area contributed by atoms with Gasteiger partial charge in [0.15, 0.2) is 5.75 Å². The molecule has 10 heavy (non-hydrogen) atoms. The number of aliphatic hydroxyl groups is 1. The highest BCUT2D eigenvalue weighted by Gasteiger charge is 1.99. The van der Waals surface area contributed by atoms with E-state index in [2.05, 4.69) is 5.10 Å². The molecule has 1 aromatic heterocycles. The average molecular weight is 142 g/mol. The Kier molecular flexibility index (Phi) is 1.91. The zero-order valence-corrected chi connectivity index (χ0v) is 5.78. The van der Waals surface area contributed by atoms with Crippen molar-refractivity contribution < 1.29 is 10.2 Å². The number of hydrogen-bond donors (Lipinski definition) is 2. The molecule has 0 fully saturated rings. The van der Waals surface area contributed by atoms with E-state index in [0.717, 1.165) is 0 Å². The van der Waals surface area contributed by atoms with Crippen molar-refractivity contribution in [1.29, 1.82) is 0 Å². The van der Waals surface area contributed by atoms with E-state index in [4.69, 9.17) is 10.2 Å². The molecule has 2 N–H and O–H groups in total. The third-order valence-electron chi connectivity index (χ3n) is 1.25. The highest BCUT2D eigenvalue weighted by atomic mass is 16.3. The Morgan fingerprint density at radius 2 is 2.40 bits per heavy atom. The van der Waals surface area contributed by atoms with E-state index in [1.54, 1.807) is 6.92 Å². The van der Waals surface area contributed by atoms with Crippen molar-refractivity contribution in [3.8, 4) is 5.75 Å². The Labute approximate surface area is 58.7 Å². The van der Waals surface area contributed by atoms with Gasteiger partial charge in [0.05, 0.1) is 19.3 Å². The van der Waals surface area contributed by atoms with Crippen molar-refractivity contribution in [2.45, 2.75) is 13.5 Å². The molecule has 0 radical (unpaired) electrons. The lowest BCUT2D eigenvalue weighted by molar-refractivity contribution is 0.269. The van der Waals surface area contributed by atoms with Crippen LogP contribution in [0.3, 0.4) is 0 Å². The minimum Gasteiger partial charge on any atom is -0.504 e. The normalized spacial score (nSPS) is 10.2. The summed E-state index contributed by atoms with van der Waals surface area (Å²) in [7, 11) is 0. The van der Waals surface area contributed by atoms with Crippen molar-refractivity contribution in [3.05, 3.63) is 11.9 Å². The van der Waals surface area contributed by atoms with Gasteiger partial charge in [0, 0.05) is 0 Å². The van der Waals surface area contributed by atoms with E-state index < -0.39 is 0 Å². The maximum absolute atomic E-state index is 9.00. The molecule has 0 unspecified atom stereocenters. The van der Waals surface area contributed by atoms with Crippen LogP contribution in [0.1, 0.15) is 5.69 Å². The van der Waals surface area contributed by atoms with Crippen molar-refractivity contribution >= 4 is 0 Å². The highest BCUT2D eigenvalue weighted by molar-refractivity contribution is 5.20. The quantitative estimate of drug-likeness (QED) is 0.605. The molecule has 0 saturated carbocycles. The van der Waals surface area contributed by atoms with Gasteiger partial charge in [0.25, 0.3) is 0 Å². The van der Waals surface area contributed by atoms with Gasteiger partial charge in [-0.25, -0.2) is 0 Å². The molecule has 1 rings (SSSR count). The van der Waals surface area contributed by atoms with Gasteiger partial charge in [-0.3, -0.25) is 4.68 Å². The molecular formula is C6H10N2O2. The number of rotatable bonds is 2. The average Bonchev–Trinajstić information content (AvgIpc) is 2.14. The minimum absolute atomic E-state index is 0.0422. The van der Waals surface area contributed by atoms with Crippen LogP contribution in [0.15, 0.2) is 6.20 Å². The van der Waals surface area contributed by atoms with E-state index in [-0.39, 0.29) is 12.4 Å². The molecule has 0 aliphatic carbocycles. The van der Waals surface area contributed by atoms with Gasteiger partial charge >= 0.3 is 0 Å². The molecule has 0 aromatic carbocycles. The summed E-state index contributed by atoms with van der Waals surface area (Å²) in [5, 5.41) is 21.4. The van der Waals surface area contributed by atoms with Gasteiger partial charge < -0.3 is 10.2 Å². The Balaban J connectivity index is 2.77. The Hall–Kier alpha value is -1.03. The zero-order chi connectivity index (χ0) is 7.56. The second-order valence-electron chi connectivity index (χ2n) is 2.09. The summed E-state index contributed by atoms with van der Waals surface area (Å²) in [6.07, 6.45) is 1.49. The molecule has 56 valence electrons. The smallest absolute Gasteiger partial charge is 0.156 e. The molecule has 0 amide bonds. The lowest BCUT2D eigenvalue weighted by atomic mass is 10.5. The van der Waals surface area contributed by atoms with Crippen LogP contribution in [0, 0.1) is 6.92 Å². The lowest BCUT2D eigenvalue weighted by Gasteiger charge is -1.92. The van der Waals surface area contributed by atoms with Crippen LogP contribution < -0.4 is 0 Å². The molecule has 0 bridgehead atoms. The Bertz CT molecular complexity index is 200. The van der Waals surface area contributed by atoms with E-state index in [9.17, 15) is 0 Å². The molecule has 4 nitrogen and oxygen atoms in total. The largest absolute Gasteiger partial charge is 0.504 e. The third kappa shape index (κ3) is 1.27. The molecule has 1 heterocycles. The van der Waals surface area contributed by atoms with E-state index in [0.29, 0.717) is 12.2 Å². The molecule has 4 heteroatoms. The second kappa shape index (κ2) is 2.70. The maximum Gasteiger partial charge on any atom is 0.156 e. The number of aromatic hydroxyl groups is 1. The van der Waals surface area contributed by atoms with Gasteiger partial charge in [-0.2, -0.15) is 5.10 Å². The Morgan fingerprint density at radius 1 is 1.70 bits per heavy atom. The fourth-order valence-electron chi connectivity index (χ4n) is 0.724. The van der Waals surface area contributed by atoms with Crippen LogP contribution in [0.2, 0.25) is 0 Å². The molecule has 0 spiro atoms. The SMILES string of the molecule is Cc1nn(CCO)cc1O. The fourth-order valence-corrected chi connectivity index (χ4v) is 0.724. The first-order chi connectivity index (χ1) is 4.74. The summed E-state index contributed by atoms with van der Waals surface area (Å²) in [6, 6.07) is 0. The third-order valence-corrected chi connectivity index (χ3v) is 1.25. The number of hydrogen-bond acceptors (Lipinski definition) is 3. The van der Waals surface area contributed by atoms with Crippen molar-refractivity contribution in [3.63, 3.8) is 0 Å². The van der Waals surface area contributed by atoms with Crippen molar-refractivity contribution in [2.75, 3.05) is 6.61 Å². The van der Waals surface area contributed by atoms with Gasteiger partial charge in [-0.1, -0.05) is 0 Å². The van der Waals surface area contributed by atoms with Gasteiger partial charge in [-0.15, -0.1) is 0 Å². The first-order valence-electron chi connectivity index (χ1n) is 3.08. The summed E-state index contributed by atoms with van der Waals surface area (Å²) < 4.78 is 1.50. The van der Waals surface area contributed by atoms with Crippen LogP contribution in [0.5, 0.6) is 5.75 Å².